The highest BCUT2D eigenvalue weighted by Crippen LogP contribution is 2.29. The molecule has 1 heterocycles. The first-order valence-corrected chi connectivity index (χ1v) is 5.98. The summed E-state index contributed by atoms with van der Waals surface area (Å²) in [7, 11) is 0. The van der Waals surface area contributed by atoms with Gasteiger partial charge in [0.15, 0.2) is 0 Å². The minimum absolute atomic E-state index is 0.0700. The van der Waals surface area contributed by atoms with Crippen molar-refractivity contribution in [3.05, 3.63) is 53.6 Å². The standard InChI is InChI=1S/C15H14N2O/c16-9-10-1-3-11(4-2-10)12-5-6-14-13(7-12)8-15(18)17-14/h1-7H,8-9,16H2,(H,17,18). The fraction of sp³-hybridized carbons (Fsp3) is 0.133. The molecule has 0 aromatic heterocycles. The van der Waals surface area contributed by atoms with Crippen molar-refractivity contribution in [2.45, 2.75) is 13.0 Å². The van der Waals surface area contributed by atoms with Gasteiger partial charge in [-0.2, -0.15) is 0 Å². The van der Waals surface area contributed by atoms with Crippen LogP contribution in [0, 0.1) is 0 Å². The second kappa shape index (κ2) is 4.27. The Hall–Kier alpha value is -2.13. The molecule has 0 saturated carbocycles. The second-order valence-corrected chi connectivity index (χ2v) is 4.50. The average molecular weight is 238 g/mol. The molecule has 0 saturated heterocycles. The van der Waals surface area contributed by atoms with Crippen molar-refractivity contribution in [1.29, 1.82) is 0 Å². The number of anilines is 1. The van der Waals surface area contributed by atoms with Crippen molar-refractivity contribution in [3.8, 4) is 11.1 Å². The van der Waals surface area contributed by atoms with E-state index in [0.29, 0.717) is 13.0 Å². The van der Waals surface area contributed by atoms with E-state index < -0.39 is 0 Å². The number of nitrogens with two attached hydrogens (primary N) is 1. The van der Waals surface area contributed by atoms with Crippen LogP contribution < -0.4 is 11.1 Å². The number of hydrogen-bond donors (Lipinski definition) is 2. The molecule has 3 N–H and O–H groups in total. The molecule has 3 rings (SSSR count). The van der Waals surface area contributed by atoms with Gasteiger partial charge in [-0.1, -0.05) is 30.3 Å². The van der Waals surface area contributed by atoms with Gasteiger partial charge in [0, 0.05) is 12.2 Å². The molecular formula is C15H14N2O. The Morgan fingerprint density at radius 1 is 1.06 bits per heavy atom. The van der Waals surface area contributed by atoms with E-state index in [0.717, 1.165) is 27.9 Å². The van der Waals surface area contributed by atoms with Crippen molar-refractivity contribution in [3.63, 3.8) is 0 Å². The highest BCUT2D eigenvalue weighted by atomic mass is 16.1. The summed E-state index contributed by atoms with van der Waals surface area (Å²) in [5, 5.41) is 2.84. The number of benzene rings is 2. The van der Waals surface area contributed by atoms with Gasteiger partial charge in [0.05, 0.1) is 6.42 Å². The van der Waals surface area contributed by atoms with Crippen LogP contribution in [0.3, 0.4) is 0 Å². The smallest absolute Gasteiger partial charge is 0.228 e. The van der Waals surface area contributed by atoms with Gasteiger partial charge in [0.25, 0.3) is 0 Å². The number of carbonyl (C=O) groups excluding carboxylic acids is 1. The summed E-state index contributed by atoms with van der Waals surface area (Å²) in [6.45, 7) is 0.558. The van der Waals surface area contributed by atoms with Crippen LogP contribution in [0.25, 0.3) is 11.1 Å². The maximum Gasteiger partial charge on any atom is 0.228 e. The minimum atomic E-state index is 0.0700. The molecule has 1 aliphatic rings. The molecule has 0 aliphatic carbocycles. The summed E-state index contributed by atoms with van der Waals surface area (Å²) in [4.78, 5) is 11.3. The number of rotatable bonds is 2. The van der Waals surface area contributed by atoms with Gasteiger partial charge in [-0.05, 0) is 34.4 Å². The Kier molecular flexibility index (Phi) is 2.61. The summed E-state index contributed by atoms with van der Waals surface area (Å²) < 4.78 is 0. The summed E-state index contributed by atoms with van der Waals surface area (Å²) in [5.41, 5.74) is 11.0. The molecule has 0 bridgehead atoms. The maximum atomic E-state index is 11.3. The van der Waals surface area contributed by atoms with E-state index in [1.54, 1.807) is 0 Å². The van der Waals surface area contributed by atoms with Gasteiger partial charge in [-0.15, -0.1) is 0 Å². The molecule has 1 amide bonds. The van der Waals surface area contributed by atoms with E-state index in [1.165, 1.54) is 0 Å². The number of hydrogen-bond acceptors (Lipinski definition) is 2. The quantitative estimate of drug-likeness (QED) is 0.843. The van der Waals surface area contributed by atoms with Crippen molar-refractivity contribution in [1.82, 2.24) is 0 Å². The predicted molar refractivity (Wildman–Crippen MR) is 72.1 cm³/mol. The van der Waals surface area contributed by atoms with Crippen LogP contribution >= 0.6 is 0 Å². The van der Waals surface area contributed by atoms with Crippen LogP contribution in [0.15, 0.2) is 42.5 Å². The molecule has 0 unspecified atom stereocenters. The molecule has 2 aromatic rings. The third-order valence-corrected chi connectivity index (χ3v) is 3.25. The van der Waals surface area contributed by atoms with Crippen LogP contribution in [-0.2, 0) is 17.8 Å². The molecule has 0 atom stereocenters. The lowest BCUT2D eigenvalue weighted by atomic mass is 10.0. The molecule has 2 aromatic carbocycles. The van der Waals surface area contributed by atoms with Gasteiger partial charge in [-0.25, -0.2) is 0 Å². The highest BCUT2D eigenvalue weighted by Gasteiger charge is 2.17. The summed E-state index contributed by atoms with van der Waals surface area (Å²) in [5.74, 6) is 0.0700. The van der Waals surface area contributed by atoms with E-state index >= 15 is 0 Å². The molecule has 0 radical (unpaired) electrons. The number of carbonyl (C=O) groups is 1. The lowest BCUT2D eigenvalue weighted by Crippen LogP contribution is -2.03. The minimum Gasteiger partial charge on any atom is -0.326 e. The Morgan fingerprint density at radius 2 is 1.78 bits per heavy atom. The molecule has 3 heteroatoms. The summed E-state index contributed by atoms with van der Waals surface area (Å²) in [6.07, 6.45) is 0.476. The molecule has 3 nitrogen and oxygen atoms in total. The molecule has 18 heavy (non-hydrogen) atoms. The van der Waals surface area contributed by atoms with Gasteiger partial charge in [0.2, 0.25) is 5.91 Å². The largest absolute Gasteiger partial charge is 0.326 e. The first-order chi connectivity index (χ1) is 8.76. The molecule has 0 fully saturated rings. The first-order valence-electron chi connectivity index (χ1n) is 5.98. The van der Waals surface area contributed by atoms with Gasteiger partial charge >= 0.3 is 0 Å². The Labute approximate surface area is 106 Å². The van der Waals surface area contributed by atoms with Gasteiger partial charge in [0.1, 0.15) is 0 Å². The molecule has 90 valence electrons. The third-order valence-electron chi connectivity index (χ3n) is 3.25. The van der Waals surface area contributed by atoms with Gasteiger partial charge < -0.3 is 11.1 Å². The first kappa shape index (κ1) is 11.0. The molecule has 1 aliphatic heterocycles. The topological polar surface area (TPSA) is 55.1 Å². The Bertz CT molecular complexity index is 602. The van der Waals surface area contributed by atoms with Crippen LogP contribution in [0.2, 0.25) is 0 Å². The highest BCUT2D eigenvalue weighted by molar-refractivity contribution is 5.99. The SMILES string of the molecule is NCc1ccc(-c2ccc3c(c2)CC(=O)N3)cc1. The zero-order valence-corrected chi connectivity index (χ0v) is 9.94. The summed E-state index contributed by atoms with van der Waals surface area (Å²) >= 11 is 0. The van der Waals surface area contributed by atoms with Crippen LogP contribution in [0.5, 0.6) is 0 Å². The third kappa shape index (κ3) is 1.89. The number of nitrogens with one attached hydrogen (secondary N) is 1. The van der Waals surface area contributed by atoms with Gasteiger partial charge in [-0.3, -0.25) is 4.79 Å². The van der Waals surface area contributed by atoms with Crippen molar-refractivity contribution < 1.29 is 4.79 Å². The lowest BCUT2D eigenvalue weighted by molar-refractivity contribution is -0.115. The van der Waals surface area contributed by atoms with Crippen LogP contribution in [-0.4, -0.2) is 5.91 Å². The molecule has 0 spiro atoms. The summed E-state index contributed by atoms with van der Waals surface area (Å²) in [6, 6.07) is 14.3. The Balaban J connectivity index is 1.97. The average Bonchev–Trinajstić information content (AvgIpc) is 2.78. The van der Waals surface area contributed by atoms with E-state index in [2.05, 4.69) is 23.5 Å². The van der Waals surface area contributed by atoms with Crippen molar-refractivity contribution in [2.75, 3.05) is 5.32 Å². The lowest BCUT2D eigenvalue weighted by Gasteiger charge is -2.05. The zero-order valence-electron chi connectivity index (χ0n) is 9.94. The van der Waals surface area contributed by atoms with E-state index in [9.17, 15) is 4.79 Å². The fourth-order valence-corrected chi connectivity index (χ4v) is 2.24. The monoisotopic (exact) mass is 238 g/mol. The van der Waals surface area contributed by atoms with Crippen LogP contribution in [0.4, 0.5) is 5.69 Å². The van der Waals surface area contributed by atoms with Crippen LogP contribution in [0.1, 0.15) is 11.1 Å². The van der Waals surface area contributed by atoms with E-state index in [-0.39, 0.29) is 5.91 Å². The number of amides is 1. The van der Waals surface area contributed by atoms with Crippen molar-refractivity contribution in [2.24, 2.45) is 5.73 Å². The van der Waals surface area contributed by atoms with E-state index in [1.807, 2.05) is 24.3 Å². The van der Waals surface area contributed by atoms with E-state index in [4.69, 9.17) is 5.73 Å². The normalized spacial score (nSPS) is 13.3. The maximum absolute atomic E-state index is 11.3. The Morgan fingerprint density at radius 3 is 2.50 bits per heavy atom. The molecular weight excluding hydrogens is 224 g/mol. The number of fused-ring (bicyclic) bond motifs is 1. The fourth-order valence-electron chi connectivity index (χ4n) is 2.24. The zero-order chi connectivity index (χ0) is 12.5. The second-order valence-electron chi connectivity index (χ2n) is 4.50. The van der Waals surface area contributed by atoms with Crippen molar-refractivity contribution >= 4 is 11.6 Å². The predicted octanol–water partition coefficient (Wildman–Crippen LogP) is 2.31.